The summed E-state index contributed by atoms with van der Waals surface area (Å²) in [6, 6.07) is 8.52. The van der Waals surface area contributed by atoms with Crippen LogP contribution in [-0.2, 0) is 10.2 Å². The van der Waals surface area contributed by atoms with Crippen LogP contribution in [0.15, 0.2) is 24.3 Å². The first-order chi connectivity index (χ1) is 9.45. The fourth-order valence-electron chi connectivity index (χ4n) is 2.71. The highest BCUT2D eigenvalue weighted by molar-refractivity contribution is 5.33. The first kappa shape index (κ1) is 15.3. The van der Waals surface area contributed by atoms with Gasteiger partial charge < -0.3 is 14.8 Å². The van der Waals surface area contributed by atoms with E-state index in [0.717, 1.165) is 38.3 Å². The molecule has 2 rings (SSSR count). The molecule has 1 N–H and O–H groups in total. The van der Waals surface area contributed by atoms with Crippen LogP contribution in [0.1, 0.15) is 39.2 Å². The standard InChI is InChI=1S/C17H27NO2/c1-16(2,3)18-13-17(9-11-20-12-10-17)14-5-7-15(19-4)8-6-14/h5-8,18H,9-13H2,1-4H3. The highest BCUT2D eigenvalue weighted by atomic mass is 16.5. The van der Waals surface area contributed by atoms with Gasteiger partial charge in [-0.3, -0.25) is 0 Å². The summed E-state index contributed by atoms with van der Waals surface area (Å²) in [5, 5.41) is 3.67. The topological polar surface area (TPSA) is 30.5 Å². The Kier molecular flexibility index (Phi) is 4.71. The SMILES string of the molecule is COc1ccc(C2(CNC(C)(C)C)CCOCC2)cc1. The van der Waals surface area contributed by atoms with Crippen LogP contribution in [-0.4, -0.2) is 32.4 Å². The largest absolute Gasteiger partial charge is 0.497 e. The van der Waals surface area contributed by atoms with Crippen LogP contribution in [0.5, 0.6) is 5.75 Å². The number of hydrogen-bond donors (Lipinski definition) is 1. The fourth-order valence-corrected chi connectivity index (χ4v) is 2.71. The average Bonchev–Trinajstić information content (AvgIpc) is 2.46. The lowest BCUT2D eigenvalue weighted by atomic mass is 9.73. The quantitative estimate of drug-likeness (QED) is 0.917. The van der Waals surface area contributed by atoms with E-state index in [-0.39, 0.29) is 11.0 Å². The number of nitrogens with one attached hydrogen (secondary N) is 1. The Bertz CT molecular complexity index is 414. The molecule has 0 bridgehead atoms. The van der Waals surface area contributed by atoms with Crippen LogP contribution in [0.25, 0.3) is 0 Å². The molecular formula is C17H27NO2. The number of hydrogen-bond acceptors (Lipinski definition) is 3. The zero-order valence-electron chi connectivity index (χ0n) is 13.2. The summed E-state index contributed by atoms with van der Waals surface area (Å²) in [5.74, 6) is 0.916. The maximum absolute atomic E-state index is 5.57. The van der Waals surface area contributed by atoms with Crippen molar-refractivity contribution in [1.29, 1.82) is 0 Å². The van der Waals surface area contributed by atoms with Crippen LogP contribution in [0.4, 0.5) is 0 Å². The molecule has 1 heterocycles. The van der Waals surface area contributed by atoms with Gasteiger partial charge >= 0.3 is 0 Å². The minimum Gasteiger partial charge on any atom is -0.497 e. The first-order valence-corrected chi connectivity index (χ1v) is 7.43. The molecule has 3 nitrogen and oxygen atoms in total. The summed E-state index contributed by atoms with van der Waals surface area (Å²) in [6.45, 7) is 9.33. The van der Waals surface area contributed by atoms with Crippen molar-refractivity contribution in [2.75, 3.05) is 26.9 Å². The minimum absolute atomic E-state index is 0.137. The van der Waals surface area contributed by atoms with Crippen molar-refractivity contribution in [3.05, 3.63) is 29.8 Å². The van der Waals surface area contributed by atoms with Crippen molar-refractivity contribution in [2.45, 2.75) is 44.6 Å². The predicted octanol–water partition coefficient (Wildman–Crippen LogP) is 3.13. The molecule has 0 aromatic heterocycles. The zero-order chi connectivity index (χ0) is 14.6. The lowest BCUT2D eigenvalue weighted by molar-refractivity contribution is 0.0476. The van der Waals surface area contributed by atoms with Crippen LogP contribution in [0.3, 0.4) is 0 Å². The second kappa shape index (κ2) is 6.15. The van der Waals surface area contributed by atoms with Gasteiger partial charge in [-0.1, -0.05) is 12.1 Å². The van der Waals surface area contributed by atoms with Crippen molar-refractivity contribution in [3.8, 4) is 5.75 Å². The summed E-state index contributed by atoms with van der Waals surface area (Å²) >= 11 is 0. The van der Waals surface area contributed by atoms with Crippen molar-refractivity contribution in [3.63, 3.8) is 0 Å². The van der Waals surface area contributed by atoms with Crippen molar-refractivity contribution < 1.29 is 9.47 Å². The van der Waals surface area contributed by atoms with E-state index < -0.39 is 0 Å². The molecule has 0 aliphatic carbocycles. The zero-order valence-corrected chi connectivity index (χ0v) is 13.2. The number of ether oxygens (including phenoxy) is 2. The van der Waals surface area contributed by atoms with Crippen molar-refractivity contribution in [1.82, 2.24) is 5.32 Å². The molecule has 1 aliphatic rings. The highest BCUT2D eigenvalue weighted by Gasteiger charge is 2.35. The molecular weight excluding hydrogens is 250 g/mol. The Hall–Kier alpha value is -1.06. The van der Waals surface area contributed by atoms with Gasteiger partial charge in [-0.25, -0.2) is 0 Å². The first-order valence-electron chi connectivity index (χ1n) is 7.43. The summed E-state index contributed by atoms with van der Waals surface area (Å²) in [4.78, 5) is 0. The number of benzene rings is 1. The van der Waals surface area contributed by atoms with Crippen molar-refractivity contribution >= 4 is 0 Å². The fraction of sp³-hybridized carbons (Fsp3) is 0.647. The van der Waals surface area contributed by atoms with Crippen LogP contribution >= 0.6 is 0 Å². The van der Waals surface area contributed by atoms with Crippen LogP contribution in [0.2, 0.25) is 0 Å². The van der Waals surface area contributed by atoms with E-state index in [4.69, 9.17) is 9.47 Å². The van der Waals surface area contributed by atoms with E-state index in [2.05, 4.69) is 50.4 Å². The Morgan fingerprint density at radius 1 is 1.15 bits per heavy atom. The van der Waals surface area contributed by atoms with Gasteiger partial charge in [0.15, 0.2) is 0 Å². The molecule has 0 unspecified atom stereocenters. The molecule has 112 valence electrons. The van der Waals surface area contributed by atoms with E-state index in [1.54, 1.807) is 7.11 Å². The van der Waals surface area contributed by atoms with Gasteiger partial charge in [-0.2, -0.15) is 0 Å². The molecule has 1 aliphatic heterocycles. The summed E-state index contributed by atoms with van der Waals surface area (Å²) in [7, 11) is 1.71. The molecule has 1 fully saturated rings. The third-order valence-corrected chi connectivity index (χ3v) is 4.11. The molecule has 1 aromatic rings. The maximum atomic E-state index is 5.57. The normalized spacial score (nSPS) is 18.8. The minimum atomic E-state index is 0.137. The van der Waals surface area contributed by atoms with Gasteiger partial charge in [-0.15, -0.1) is 0 Å². The van der Waals surface area contributed by atoms with Crippen LogP contribution < -0.4 is 10.1 Å². The molecule has 1 aromatic carbocycles. The lowest BCUT2D eigenvalue weighted by Crippen LogP contribution is -2.48. The molecule has 0 spiro atoms. The van der Waals surface area contributed by atoms with Crippen molar-refractivity contribution in [2.24, 2.45) is 0 Å². The average molecular weight is 277 g/mol. The Balaban J connectivity index is 2.20. The van der Waals surface area contributed by atoms with Crippen LogP contribution in [0, 0.1) is 0 Å². The predicted molar refractivity (Wildman–Crippen MR) is 82.5 cm³/mol. The van der Waals surface area contributed by atoms with Gasteiger partial charge in [0.2, 0.25) is 0 Å². The third-order valence-electron chi connectivity index (χ3n) is 4.11. The smallest absolute Gasteiger partial charge is 0.118 e. The van der Waals surface area contributed by atoms with E-state index >= 15 is 0 Å². The highest BCUT2D eigenvalue weighted by Crippen LogP contribution is 2.35. The number of methoxy groups -OCH3 is 1. The monoisotopic (exact) mass is 277 g/mol. The van der Waals surface area contributed by atoms with E-state index in [1.807, 2.05) is 0 Å². The molecule has 1 saturated heterocycles. The molecule has 20 heavy (non-hydrogen) atoms. The Morgan fingerprint density at radius 2 is 1.75 bits per heavy atom. The van der Waals surface area contributed by atoms with Gasteiger partial charge in [0.05, 0.1) is 7.11 Å². The molecule has 3 heteroatoms. The summed E-state index contributed by atoms with van der Waals surface area (Å²) in [6.07, 6.45) is 2.14. The van der Waals surface area contributed by atoms with E-state index in [9.17, 15) is 0 Å². The molecule has 0 saturated carbocycles. The second-order valence-corrected chi connectivity index (χ2v) is 6.72. The maximum Gasteiger partial charge on any atom is 0.118 e. The molecule has 0 atom stereocenters. The number of rotatable bonds is 4. The summed E-state index contributed by atoms with van der Waals surface area (Å²) < 4.78 is 10.8. The van der Waals surface area contributed by atoms with E-state index in [1.165, 1.54) is 5.56 Å². The van der Waals surface area contributed by atoms with E-state index in [0.29, 0.717) is 0 Å². The van der Waals surface area contributed by atoms with Gasteiger partial charge in [-0.05, 0) is 51.3 Å². The lowest BCUT2D eigenvalue weighted by Gasteiger charge is -2.40. The van der Waals surface area contributed by atoms with Gasteiger partial charge in [0.1, 0.15) is 5.75 Å². The summed E-state index contributed by atoms with van der Waals surface area (Å²) in [5.41, 5.74) is 1.70. The Morgan fingerprint density at radius 3 is 2.25 bits per heavy atom. The Labute approximate surface area is 122 Å². The van der Waals surface area contributed by atoms with Gasteiger partial charge in [0, 0.05) is 30.7 Å². The molecule has 0 radical (unpaired) electrons. The molecule has 0 amide bonds. The third kappa shape index (κ3) is 3.74. The second-order valence-electron chi connectivity index (χ2n) is 6.72. The van der Waals surface area contributed by atoms with Gasteiger partial charge in [0.25, 0.3) is 0 Å².